The van der Waals surface area contributed by atoms with Crippen LogP contribution in [0.25, 0.3) is 5.76 Å². The number of esters is 3. The van der Waals surface area contributed by atoms with Crippen molar-refractivity contribution in [1.82, 2.24) is 0 Å². The third-order valence-electron chi connectivity index (χ3n) is 2.87. The Kier molecular flexibility index (Phi) is 14.8. The van der Waals surface area contributed by atoms with Crippen LogP contribution in [0.3, 0.4) is 0 Å². The molecule has 0 heterocycles. The molecular weight excluding hydrogens is 436 g/mol. The molecular formula is C19H24CuO9. The summed E-state index contributed by atoms with van der Waals surface area (Å²) in [6.45, 7) is 6.23. The van der Waals surface area contributed by atoms with Crippen molar-refractivity contribution in [3.63, 3.8) is 0 Å². The Bertz CT molecular complexity index is 700. The second kappa shape index (κ2) is 15.1. The molecule has 1 rings (SSSR count). The van der Waals surface area contributed by atoms with Crippen molar-refractivity contribution in [2.24, 2.45) is 0 Å². The summed E-state index contributed by atoms with van der Waals surface area (Å²) in [6.07, 6.45) is 0. The van der Waals surface area contributed by atoms with Gasteiger partial charge in [-0.1, -0.05) is 12.1 Å². The van der Waals surface area contributed by atoms with Crippen molar-refractivity contribution in [2.45, 2.75) is 27.7 Å². The zero-order chi connectivity index (χ0) is 21.7. The zero-order valence-corrected chi connectivity index (χ0v) is 17.4. The van der Waals surface area contributed by atoms with Gasteiger partial charge in [-0.25, -0.2) is 14.4 Å². The van der Waals surface area contributed by atoms with Crippen LogP contribution in [0.2, 0.25) is 0 Å². The molecule has 165 valence electrons. The standard InChI is InChI=1S/C17H20O7.C2H4O2.Cu/c1-4-22-15(19)12-9-7-11(8-10-12)14(18)13(16(20)23-5-2)17(21)24-6-3;1-2(3)4;/h7-10,18H,4-6H2,1-3H3;1H3,(H,3,4);. The van der Waals surface area contributed by atoms with E-state index in [1.165, 1.54) is 24.3 Å². The minimum absolute atomic E-state index is 0. The van der Waals surface area contributed by atoms with Crippen molar-refractivity contribution < 1.29 is 60.7 Å². The molecule has 29 heavy (non-hydrogen) atoms. The first-order valence-corrected chi connectivity index (χ1v) is 8.43. The van der Waals surface area contributed by atoms with Gasteiger partial charge in [-0.2, -0.15) is 0 Å². The minimum atomic E-state index is -0.983. The van der Waals surface area contributed by atoms with E-state index >= 15 is 0 Å². The summed E-state index contributed by atoms with van der Waals surface area (Å²) < 4.78 is 14.4. The van der Waals surface area contributed by atoms with E-state index in [0.717, 1.165) is 6.92 Å². The van der Waals surface area contributed by atoms with Gasteiger partial charge in [-0.05, 0) is 32.9 Å². The van der Waals surface area contributed by atoms with Gasteiger partial charge in [-0.3, -0.25) is 4.79 Å². The molecule has 0 unspecified atom stereocenters. The number of rotatable bonds is 7. The van der Waals surface area contributed by atoms with Crippen LogP contribution in [0.4, 0.5) is 0 Å². The number of aliphatic hydroxyl groups excluding tert-OH is 1. The first-order valence-electron chi connectivity index (χ1n) is 8.43. The quantitative estimate of drug-likeness (QED) is 0.120. The number of aliphatic carboxylic acids is 1. The Morgan fingerprint density at radius 1 is 0.759 bits per heavy atom. The molecule has 0 aromatic heterocycles. The second-order valence-corrected chi connectivity index (χ2v) is 4.98. The van der Waals surface area contributed by atoms with Gasteiger partial charge < -0.3 is 24.4 Å². The van der Waals surface area contributed by atoms with Gasteiger partial charge in [0.2, 0.25) is 0 Å². The molecule has 0 aliphatic heterocycles. The van der Waals surface area contributed by atoms with Crippen LogP contribution in [0, 0.1) is 0 Å². The number of benzene rings is 1. The van der Waals surface area contributed by atoms with Crippen molar-refractivity contribution in [3.8, 4) is 0 Å². The third kappa shape index (κ3) is 10.3. The summed E-state index contributed by atoms with van der Waals surface area (Å²) in [5.41, 5.74) is -0.149. The summed E-state index contributed by atoms with van der Waals surface area (Å²) in [4.78, 5) is 44.4. The van der Waals surface area contributed by atoms with E-state index in [2.05, 4.69) is 0 Å². The van der Waals surface area contributed by atoms with Crippen LogP contribution < -0.4 is 0 Å². The maximum absolute atomic E-state index is 11.9. The van der Waals surface area contributed by atoms with Crippen molar-refractivity contribution in [3.05, 3.63) is 41.0 Å². The maximum atomic E-state index is 11.9. The van der Waals surface area contributed by atoms with Gasteiger partial charge in [0.05, 0.1) is 25.4 Å². The summed E-state index contributed by atoms with van der Waals surface area (Å²) in [5.74, 6) is -3.89. The normalized spacial score (nSPS) is 8.97. The summed E-state index contributed by atoms with van der Waals surface area (Å²) >= 11 is 0. The van der Waals surface area contributed by atoms with Crippen LogP contribution >= 0.6 is 0 Å². The second-order valence-electron chi connectivity index (χ2n) is 4.98. The number of carbonyl (C=O) groups is 4. The first kappa shape index (κ1) is 28.4. The van der Waals surface area contributed by atoms with Gasteiger partial charge in [0.25, 0.3) is 5.97 Å². The van der Waals surface area contributed by atoms with Crippen molar-refractivity contribution in [1.29, 1.82) is 0 Å². The van der Waals surface area contributed by atoms with E-state index in [1.807, 2.05) is 0 Å². The molecule has 0 fully saturated rings. The molecule has 1 aromatic rings. The minimum Gasteiger partial charge on any atom is -0.506 e. The van der Waals surface area contributed by atoms with E-state index in [9.17, 15) is 19.5 Å². The van der Waals surface area contributed by atoms with Crippen LogP contribution in [-0.4, -0.2) is 53.9 Å². The molecule has 0 spiro atoms. The predicted octanol–water partition coefficient (Wildman–Crippen LogP) is 2.35. The summed E-state index contributed by atoms with van der Waals surface area (Å²) in [7, 11) is 0. The molecule has 1 radical (unpaired) electrons. The van der Waals surface area contributed by atoms with Crippen LogP contribution in [0.1, 0.15) is 43.6 Å². The van der Waals surface area contributed by atoms with Crippen molar-refractivity contribution in [2.75, 3.05) is 19.8 Å². The van der Waals surface area contributed by atoms with Gasteiger partial charge in [0.1, 0.15) is 5.76 Å². The number of hydrogen-bond donors (Lipinski definition) is 2. The van der Waals surface area contributed by atoms with E-state index in [4.69, 9.17) is 24.1 Å². The Labute approximate surface area is 179 Å². The van der Waals surface area contributed by atoms with E-state index in [0.29, 0.717) is 0 Å². The number of carboxylic acid groups (broad SMARTS) is 1. The summed E-state index contributed by atoms with van der Waals surface area (Å²) in [6, 6.07) is 5.61. The Morgan fingerprint density at radius 2 is 1.10 bits per heavy atom. The number of hydrogen-bond acceptors (Lipinski definition) is 8. The molecule has 10 heteroatoms. The van der Waals surface area contributed by atoms with Crippen LogP contribution in [0.5, 0.6) is 0 Å². The topological polar surface area (TPSA) is 136 Å². The number of ether oxygens (including phenoxy) is 3. The number of carboxylic acids is 1. The van der Waals surface area contributed by atoms with Crippen LogP contribution in [0.15, 0.2) is 29.8 Å². The van der Waals surface area contributed by atoms with E-state index < -0.39 is 35.2 Å². The average molecular weight is 460 g/mol. The fraction of sp³-hybridized carbons (Fsp3) is 0.368. The Morgan fingerprint density at radius 3 is 1.45 bits per heavy atom. The largest absolute Gasteiger partial charge is 0.506 e. The van der Waals surface area contributed by atoms with E-state index in [-0.39, 0.29) is 48.0 Å². The fourth-order valence-electron chi connectivity index (χ4n) is 1.81. The smallest absolute Gasteiger partial charge is 0.349 e. The van der Waals surface area contributed by atoms with Gasteiger partial charge >= 0.3 is 17.9 Å². The number of aliphatic hydroxyl groups is 1. The molecule has 1 aromatic carbocycles. The molecule has 2 N–H and O–H groups in total. The SMILES string of the molecule is CC(=O)O.CCOC(=O)C(C(=O)OCC)=C(O)c1ccc(C(=O)OCC)cc1.[Cu]. The van der Waals surface area contributed by atoms with Gasteiger partial charge in [0.15, 0.2) is 5.57 Å². The predicted molar refractivity (Wildman–Crippen MR) is 98.5 cm³/mol. The molecule has 0 aliphatic rings. The molecule has 0 saturated carbocycles. The average Bonchev–Trinajstić information content (AvgIpc) is 2.62. The van der Waals surface area contributed by atoms with E-state index in [1.54, 1.807) is 20.8 Å². The molecule has 0 bridgehead atoms. The molecule has 0 amide bonds. The Balaban J connectivity index is 0. The first-order chi connectivity index (χ1) is 13.2. The summed E-state index contributed by atoms with van der Waals surface area (Å²) in [5, 5.41) is 17.7. The molecule has 0 aliphatic carbocycles. The molecule has 0 atom stereocenters. The molecule has 9 nitrogen and oxygen atoms in total. The molecule has 0 saturated heterocycles. The maximum Gasteiger partial charge on any atom is 0.349 e. The van der Waals surface area contributed by atoms with Crippen molar-refractivity contribution >= 4 is 29.6 Å². The number of carbonyl (C=O) groups excluding carboxylic acids is 3. The third-order valence-corrected chi connectivity index (χ3v) is 2.87. The van der Waals surface area contributed by atoms with Gasteiger partial charge in [0, 0.05) is 29.6 Å². The van der Waals surface area contributed by atoms with Crippen LogP contribution in [-0.2, 0) is 45.7 Å². The fourth-order valence-corrected chi connectivity index (χ4v) is 1.81. The monoisotopic (exact) mass is 459 g/mol. The zero-order valence-electron chi connectivity index (χ0n) is 16.5. The van der Waals surface area contributed by atoms with Gasteiger partial charge in [-0.15, -0.1) is 0 Å². The Hall–Kier alpha value is -2.84.